The first-order valence-corrected chi connectivity index (χ1v) is 9.76. The highest BCUT2D eigenvalue weighted by Gasteiger charge is 2.10. The Morgan fingerprint density at radius 1 is 1.07 bits per heavy atom. The third-order valence-electron chi connectivity index (χ3n) is 4.11. The number of hydrogen-bond acceptors (Lipinski definition) is 4. The van der Waals surface area contributed by atoms with Gasteiger partial charge in [0.2, 0.25) is 0 Å². The van der Waals surface area contributed by atoms with Gasteiger partial charge in [-0.25, -0.2) is 4.68 Å². The van der Waals surface area contributed by atoms with Crippen LogP contribution in [0.25, 0.3) is 0 Å². The van der Waals surface area contributed by atoms with E-state index in [1.165, 1.54) is 16.8 Å². The Kier molecular flexibility index (Phi) is 7.27. The standard InChI is InChI=1S/C21H19Cl2N3O3/c22-16-7-6-15(18(23)14-16)10-11-24-21(28)19-8-9-20(27)26(25-19)12-13-29-17-4-2-1-3-5-17/h1-9,14H,10-13H2,(H,24,28). The lowest BCUT2D eigenvalue weighted by Gasteiger charge is -2.10. The molecule has 3 rings (SSSR count). The van der Waals surface area contributed by atoms with Crippen molar-refractivity contribution < 1.29 is 9.53 Å². The number of amides is 1. The van der Waals surface area contributed by atoms with Crippen LogP contribution < -0.4 is 15.6 Å². The van der Waals surface area contributed by atoms with Crippen LogP contribution in [0, 0.1) is 0 Å². The number of carbonyl (C=O) groups excluding carboxylic acids is 1. The summed E-state index contributed by atoms with van der Waals surface area (Å²) in [5.41, 5.74) is 0.741. The molecule has 1 aromatic heterocycles. The minimum Gasteiger partial charge on any atom is -0.492 e. The van der Waals surface area contributed by atoms with Gasteiger partial charge in [-0.2, -0.15) is 5.10 Å². The van der Waals surface area contributed by atoms with Crippen LogP contribution in [0.4, 0.5) is 0 Å². The molecule has 0 atom stereocenters. The maximum Gasteiger partial charge on any atom is 0.271 e. The number of carbonyl (C=O) groups is 1. The van der Waals surface area contributed by atoms with E-state index >= 15 is 0 Å². The number of benzene rings is 2. The highest BCUT2D eigenvalue weighted by molar-refractivity contribution is 6.35. The number of nitrogens with zero attached hydrogens (tertiary/aromatic N) is 2. The average molecular weight is 432 g/mol. The Bertz CT molecular complexity index is 1040. The molecule has 1 heterocycles. The Morgan fingerprint density at radius 3 is 2.62 bits per heavy atom. The Labute approximate surface area is 178 Å². The molecule has 3 aromatic rings. The van der Waals surface area contributed by atoms with E-state index in [-0.39, 0.29) is 30.3 Å². The highest BCUT2D eigenvalue weighted by atomic mass is 35.5. The zero-order chi connectivity index (χ0) is 20.6. The van der Waals surface area contributed by atoms with Gasteiger partial charge in [-0.3, -0.25) is 9.59 Å². The molecule has 0 unspecified atom stereocenters. The van der Waals surface area contributed by atoms with Crippen LogP contribution in [0.15, 0.2) is 65.5 Å². The number of para-hydroxylation sites is 1. The molecule has 0 bridgehead atoms. The molecule has 0 fully saturated rings. The topological polar surface area (TPSA) is 73.2 Å². The summed E-state index contributed by atoms with van der Waals surface area (Å²) in [6.07, 6.45) is 0.548. The van der Waals surface area contributed by atoms with Gasteiger partial charge in [-0.05, 0) is 42.3 Å². The third kappa shape index (κ3) is 6.07. The van der Waals surface area contributed by atoms with Crippen molar-refractivity contribution in [2.45, 2.75) is 13.0 Å². The SMILES string of the molecule is O=C(NCCc1ccc(Cl)cc1Cl)c1ccc(=O)n(CCOc2ccccc2)n1. The lowest BCUT2D eigenvalue weighted by atomic mass is 10.1. The normalized spacial score (nSPS) is 10.6. The number of aromatic nitrogens is 2. The van der Waals surface area contributed by atoms with Gasteiger partial charge in [0, 0.05) is 22.7 Å². The van der Waals surface area contributed by atoms with Crippen LogP contribution in [-0.2, 0) is 13.0 Å². The van der Waals surface area contributed by atoms with Crippen molar-refractivity contribution in [3.8, 4) is 5.75 Å². The molecule has 0 aliphatic carbocycles. The second-order valence-electron chi connectivity index (χ2n) is 6.18. The maximum absolute atomic E-state index is 12.4. The van der Waals surface area contributed by atoms with E-state index in [4.69, 9.17) is 27.9 Å². The molecular formula is C21H19Cl2N3O3. The van der Waals surface area contributed by atoms with Gasteiger partial charge in [0.05, 0.1) is 6.54 Å². The smallest absolute Gasteiger partial charge is 0.271 e. The monoisotopic (exact) mass is 431 g/mol. The first-order chi connectivity index (χ1) is 14.0. The highest BCUT2D eigenvalue weighted by Crippen LogP contribution is 2.21. The van der Waals surface area contributed by atoms with Crippen LogP contribution in [0.2, 0.25) is 10.0 Å². The summed E-state index contributed by atoms with van der Waals surface area (Å²) < 4.78 is 6.79. The molecule has 0 spiro atoms. The molecular weight excluding hydrogens is 413 g/mol. The van der Waals surface area contributed by atoms with Crippen LogP contribution in [-0.4, -0.2) is 28.8 Å². The molecule has 0 saturated carbocycles. The number of halogens is 2. The zero-order valence-corrected chi connectivity index (χ0v) is 17.0. The van der Waals surface area contributed by atoms with Crippen molar-refractivity contribution in [3.63, 3.8) is 0 Å². The van der Waals surface area contributed by atoms with Crippen molar-refractivity contribution in [3.05, 3.63) is 92.3 Å². The summed E-state index contributed by atoms with van der Waals surface area (Å²) in [6.45, 7) is 0.865. The zero-order valence-electron chi connectivity index (χ0n) is 15.5. The molecule has 0 aliphatic heterocycles. The summed E-state index contributed by atoms with van der Waals surface area (Å²) in [7, 11) is 0. The summed E-state index contributed by atoms with van der Waals surface area (Å²) in [6, 6.07) is 17.2. The quantitative estimate of drug-likeness (QED) is 0.591. The molecule has 0 radical (unpaired) electrons. The van der Waals surface area contributed by atoms with E-state index in [0.29, 0.717) is 28.8 Å². The average Bonchev–Trinajstić information content (AvgIpc) is 2.71. The van der Waals surface area contributed by atoms with E-state index in [2.05, 4.69) is 10.4 Å². The van der Waals surface area contributed by atoms with Gasteiger partial charge in [0.25, 0.3) is 11.5 Å². The summed E-state index contributed by atoms with van der Waals surface area (Å²) in [4.78, 5) is 24.3. The molecule has 1 amide bonds. The minimum absolute atomic E-state index is 0.159. The van der Waals surface area contributed by atoms with Gasteiger partial charge in [0.15, 0.2) is 0 Å². The Balaban J connectivity index is 1.55. The number of hydrogen-bond donors (Lipinski definition) is 1. The van der Waals surface area contributed by atoms with Gasteiger partial charge in [-0.15, -0.1) is 0 Å². The van der Waals surface area contributed by atoms with E-state index < -0.39 is 0 Å². The van der Waals surface area contributed by atoms with Gasteiger partial charge < -0.3 is 10.1 Å². The van der Waals surface area contributed by atoms with Crippen LogP contribution in [0.3, 0.4) is 0 Å². The third-order valence-corrected chi connectivity index (χ3v) is 4.70. The summed E-state index contributed by atoms with van der Waals surface area (Å²) in [5, 5.41) is 8.02. The first kappa shape index (κ1) is 20.9. The number of rotatable bonds is 8. The van der Waals surface area contributed by atoms with E-state index in [9.17, 15) is 9.59 Å². The van der Waals surface area contributed by atoms with Crippen molar-refractivity contribution >= 4 is 29.1 Å². The fraction of sp³-hybridized carbons (Fsp3) is 0.190. The molecule has 150 valence electrons. The maximum atomic E-state index is 12.4. The second kappa shape index (κ2) is 10.1. The molecule has 29 heavy (non-hydrogen) atoms. The largest absolute Gasteiger partial charge is 0.492 e. The van der Waals surface area contributed by atoms with Crippen LogP contribution in [0.5, 0.6) is 5.75 Å². The van der Waals surface area contributed by atoms with Crippen LogP contribution in [0.1, 0.15) is 16.1 Å². The Morgan fingerprint density at radius 2 is 1.86 bits per heavy atom. The molecule has 0 aliphatic rings. The predicted octanol–water partition coefficient (Wildman–Crippen LogP) is 3.60. The number of ether oxygens (including phenoxy) is 1. The Hall–Kier alpha value is -2.83. The summed E-state index contributed by atoms with van der Waals surface area (Å²) in [5.74, 6) is 0.336. The molecule has 8 heteroatoms. The minimum atomic E-state index is -0.368. The van der Waals surface area contributed by atoms with Crippen LogP contribution >= 0.6 is 23.2 Å². The van der Waals surface area contributed by atoms with Gasteiger partial charge >= 0.3 is 0 Å². The second-order valence-corrected chi connectivity index (χ2v) is 7.03. The summed E-state index contributed by atoms with van der Waals surface area (Å²) >= 11 is 12.0. The van der Waals surface area contributed by atoms with E-state index in [0.717, 1.165) is 5.56 Å². The molecule has 2 aromatic carbocycles. The molecule has 0 saturated heterocycles. The molecule has 6 nitrogen and oxygen atoms in total. The lowest BCUT2D eigenvalue weighted by Crippen LogP contribution is -2.31. The van der Waals surface area contributed by atoms with E-state index in [1.807, 2.05) is 36.4 Å². The van der Waals surface area contributed by atoms with Crippen molar-refractivity contribution in [2.24, 2.45) is 0 Å². The first-order valence-electron chi connectivity index (χ1n) is 9.01. The van der Waals surface area contributed by atoms with E-state index in [1.54, 1.807) is 12.1 Å². The fourth-order valence-electron chi connectivity index (χ4n) is 2.62. The van der Waals surface area contributed by atoms with Gasteiger partial charge in [-0.1, -0.05) is 47.5 Å². The predicted molar refractivity (Wildman–Crippen MR) is 113 cm³/mol. The van der Waals surface area contributed by atoms with Crippen molar-refractivity contribution in [1.82, 2.24) is 15.1 Å². The van der Waals surface area contributed by atoms with Crippen molar-refractivity contribution in [1.29, 1.82) is 0 Å². The fourth-order valence-corrected chi connectivity index (χ4v) is 3.13. The number of nitrogens with one attached hydrogen (secondary N) is 1. The van der Waals surface area contributed by atoms with Gasteiger partial charge in [0.1, 0.15) is 18.1 Å². The molecule has 1 N–H and O–H groups in total. The van der Waals surface area contributed by atoms with Crippen molar-refractivity contribution in [2.75, 3.05) is 13.2 Å². The lowest BCUT2D eigenvalue weighted by molar-refractivity contribution is 0.0946.